The molecule has 0 aliphatic heterocycles. The highest BCUT2D eigenvalue weighted by Crippen LogP contribution is 2.27. The molecule has 1 unspecified atom stereocenters. The van der Waals surface area contributed by atoms with Crippen LogP contribution < -0.4 is 10.1 Å². The molecule has 0 saturated heterocycles. The molecule has 0 bridgehead atoms. The highest BCUT2D eigenvalue weighted by Gasteiger charge is 2.12. The third-order valence-corrected chi connectivity index (χ3v) is 2.58. The lowest BCUT2D eigenvalue weighted by Crippen LogP contribution is -2.23. The molecule has 0 radical (unpaired) electrons. The second kappa shape index (κ2) is 5.62. The van der Waals surface area contributed by atoms with Gasteiger partial charge in [-0.15, -0.1) is 0 Å². The smallest absolute Gasteiger partial charge is 0.137 e. The van der Waals surface area contributed by atoms with Crippen LogP contribution in [0.15, 0.2) is 18.2 Å². The fourth-order valence-corrected chi connectivity index (χ4v) is 1.54. The van der Waals surface area contributed by atoms with E-state index in [1.54, 1.807) is 19.2 Å². The summed E-state index contributed by atoms with van der Waals surface area (Å²) in [5.74, 6) is 0.871. The first kappa shape index (κ1) is 12.7. The number of ether oxygens (including phenoxy) is 1. The molecule has 0 aromatic heterocycles. The Kier molecular flexibility index (Phi) is 4.45. The van der Waals surface area contributed by atoms with Crippen molar-refractivity contribution < 1.29 is 4.74 Å². The van der Waals surface area contributed by atoms with Crippen molar-refractivity contribution in [2.75, 3.05) is 12.4 Å². The molecule has 1 aromatic rings. The van der Waals surface area contributed by atoms with Gasteiger partial charge in [-0.1, -0.05) is 25.4 Å². The molecule has 1 N–H and O–H groups in total. The molecular weight excluding hydrogens is 224 g/mol. The minimum absolute atomic E-state index is 0.218. The van der Waals surface area contributed by atoms with E-state index in [-0.39, 0.29) is 12.0 Å². The quantitative estimate of drug-likeness (QED) is 0.875. The van der Waals surface area contributed by atoms with Gasteiger partial charge < -0.3 is 10.1 Å². The topological polar surface area (TPSA) is 45.0 Å². The fourth-order valence-electron chi connectivity index (χ4n) is 1.28. The number of rotatable bonds is 4. The van der Waals surface area contributed by atoms with Crippen LogP contribution in [0, 0.1) is 17.2 Å². The molecule has 0 saturated carbocycles. The summed E-state index contributed by atoms with van der Waals surface area (Å²) >= 11 is 5.99. The van der Waals surface area contributed by atoms with Gasteiger partial charge in [-0.2, -0.15) is 5.26 Å². The van der Waals surface area contributed by atoms with Gasteiger partial charge in [-0.3, -0.25) is 0 Å². The molecule has 1 aromatic carbocycles. The van der Waals surface area contributed by atoms with Gasteiger partial charge in [0.05, 0.1) is 18.2 Å². The zero-order valence-corrected chi connectivity index (χ0v) is 10.4. The van der Waals surface area contributed by atoms with Crippen molar-refractivity contribution in [2.45, 2.75) is 19.9 Å². The molecule has 0 heterocycles. The fraction of sp³-hybridized carbons (Fsp3) is 0.417. The van der Waals surface area contributed by atoms with E-state index in [2.05, 4.69) is 11.4 Å². The van der Waals surface area contributed by atoms with E-state index in [9.17, 15) is 0 Å². The number of hydrogen-bond donors (Lipinski definition) is 1. The normalized spacial score (nSPS) is 12.0. The zero-order valence-electron chi connectivity index (χ0n) is 9.62. The first-order valence-electron chi connectivity index (χ1n) is 5.08. The van der Waals surface area contributed by atoms with Gasteiger partial charge in [0.15, 0.2) is 0 Å². The van der Waals surface area contributed by atoms with Crippen molar-refractivity contribution in [3.8, 4) is 11.8 Å². The Morgan fingerprint density at radius 2 is 2.12 bits per heavy atom. The summed E-state index contributed by atoms with van der Waals surface area (Å²) in [6, 6.07) is 7.37. The summed E-state index contributed by atoms with van der Waals surface area (Å²) in [6.07, 6.45) is 0. The third-order valence-electron chi connectivity index (χ3n) is 2.28. The number of nitriles is 1. The lowest BCUT2D eigenvalue weighted by molar-refractivity contribution is 0.415. The van der Waals surface area contributed by atoms with Crippen LogP contribution in [-0.4, -0.2) is 13.2 Å². The van der Waals surface area contributed by atoms with Crippen LogP contribution >= 0.6 is 11.6 Å². The molecule has 0 spiro atoms. The Morgan fingerprint density at radius 1 is 1.44 bits per heavy atom. The first-order valence-corrected chi connectivity index (χ1v) is 5.46. The Bertz CT molecular complexity index is 398. The second-order valence-electron chi connectivity index (χ2n) is 3.84. The minimum atomic E-state index is -0.218. The molecule has 86 valence electrons. The van der Waals surface area contributed by atoms with Gasteiger partial charge in [-0.05, 0) is 24.1 Å². The molecule has 3 nitrogen and oxygen atoms in total. The monoisotopic (exact) mass is 238 g/mol. The van der Waals surface area contributed by atoms with Gasteiger partial charge in [0.25, 0.3) is 0 Å². The first-order chi connectivity index (χ1) is 7.58. The third kappa shape index (κ3) is 3.04. The molecular formula is C12H15ClN2O. The second-order valence-corrected chi connectivity index (χ2v) is 4.25. The SMILES string of the molecule is COc1ccc(NC(C#N)C(C)C)cc1Cl. The molecule has 0 fully saturated rings. The number of methoxy groups -OCH3 is 1. The van der Waals surface area contributed by atoms with Crippen LogP contribution in [0.2, 0.25) is 5.02 Å². The van der Waals surface area contributed by atoms with Crippen LogP contribution in [0.5, 0.6) is 5.75 Å². The number of hydrogen-bond acceptors (Lipinski definition) is 3. The number of nitrogens with zero attached hydrogens (tertiary/aromatic N) is 1. The van der Waals surface area contributed by atoms with E-state index in [1.807, 2.05) is 19.9 Å². The van der Waals surface area contributed by atoms with Crippen molar-refractivity contribution >= 4 is 17.3 Å². The Morgan fingerprint density at radius 3 is 2.56 bits per heavy atom. The van der Waals surface area contributed by atoms with E-state index < -0.39 is 0 Å². The van der Waals surface area contributed by atoms with E-state index in [0.29, 0.717) is 10.8 Å². The maximum Gasteiger partial charge on any atom is 0.137 e. The highest BCUT2D eigenvalue weighted by atomic mass is 35.5. The van der Waals surface area contributed by atoms with Crippen LogP contribution in [0.4, 0.5) is 5.69 Å². The Hall–Kier alpha value is -1.40. The van der Waals surface area contributed by atoms with Gasteiger partial charge in [0.1, 0.15) is 11.8 Å². The summed E-state index contributed by atoms with van der Waals surface area (Å²) in [5, 5.41) is 12.6. The minimum Gasteiger partial charge on any atom is -0.495 e. The van der Waals surface area contributed by atoms with Crippen molar-refractivity contribution in [3.63, 3.8) is 0 Å². The molecule has 1 rings (SSSR count). The standard InChI is InChI=1S/C12H15ClN2O/c1-8(2)11(7-14)15-9-4-5-12(16-3)10(13)6-9/h4-6,8,11,15H,1-3H3. The molecule has 16 heavy (non-hydrogen) atoms. The molecule has 4 heteroatoms. The number of halogens is 1. The van der Waals surface area contributed by atoms with Crippen molar-refractivity contribution in [1.29, 1.82) is 5.26 Å². The molecule has 0 amide bonds. The van der Waals surface area contributed by atoms with Crippen LogP contribution in [0.1, 0.15) is 13.8 Å². The average Bonchev–Trinajstić information content (AvgIpc) is 2.25. The largest absolute Gasteiger partial charge is 0.495 e. The van der Waals surface area contributed by atoms with Gasteiger partial charge in [-0.25, -0.2) is 0 Å². The highest BCUT2D eigenvalue weighted by molar-refractivity contribution is 6.32. The molecule has 1 atom stereocenters. The van der Waals surface area contributed by atoms with Crippen LogP contribution in [0.3, 0.4) is 0 Å². The average molecular weight is 239 g/mol. The van der Waals surface area contributed by atoms with Gasteiger partial charge in [0.2, 0.25) is 0 Å². The summed E-state index contributed by atoms with van der Waals surface area (Å²) in [5.41, 5.74) is 0.825. The van der Waals surface area contributed by atoms with E-state index in [4.69, 9.17) is 21.6 Å². The van der Waals surface area contributed by atoms with Gasteiger partial charge >= 0.3 is 0 Å². The van der Waals surface area contributed by atoms with Crippen molar-refractivity contribution in [1.82, 2.24) is 0 Å². The van der Waals surface area contributed by atoms with E-state index in [0.717, 1.165) is 5.69 Å². The number of anilines is 1. The predicted octanol–water partition coefficient (Wildman–Crippen LogP) is 3.31. The summed E-state index contributed by atoms with van der Waals surface area (Å²) in [6.45, 7) is 3.98. The van der Waals surface area contributed by atoms with Crippen molar-refractivity contribution in [2.24, 2.45) is 5.92 Å². The summed E-state index contributed by atoms with van der Waals surface area (Å²) < 4.78 is 5.05. The predicted molar refractivity (Wildman–Crippen MR) is 65.9 cm³/mol. The maximum atomic E-state index is 8.96. The lowest BCUT2D eigenvalue weighted by atomic mass is 10.1. The van der Waals surface area contributed by atoms with Crippen LogP contribution in [-0.2, 0) is 0 Å². The Labute approximate surface area is 101 Å². The molecule has 0 aliphatic rings. The summed E-state index contributed by atoms with van der Waals surface area (Å²) in [7, 11) is 1.57. The summed E-state index contributed by atoms with van der Waals surface area (Å²) in [4.78, 5) is 0. The van der Waals surface area contributed by atoms with E-state index >= 15 is 0 Å². The van der Waals surface area contributed by atoms with Gasteiger partial charge in [0, 0.05) is 5.69 Å². The zero-order chi connectivity index (χ0) is 12.1. The maximum absolute atomic E-state index is 8.96. The van der Waals surface area contributed by atoms with Crippen molar-refractivity contribution in [3.05, 3.63) is 23.2 Å². The van der Waals surface area contributed by atoms with Crippen LogP contribution in [0.25, 0.3) is 0 Å². The molecule has 0 aliphatic carbocycles. The Balaban J connectivity index is 2.83. The lowest BCUT2D eigenvalue weighted by Gasteiger charge is -2.16. The van der Waals surface area contributed by atoms with E-state index in [1.165, 1.54) is 0 Å². The number of benzene rings is 1. The number of nitrogens with one attached hydrogen (secondary N) is 1.